The SMILES string of the molecule is CCCCC(C)(C)C.CCCNCCCC(C)(C)C.CN(C)CCCC(C)(C)C. The van der Waals surface area contributed by atoms with Crippen LogP contribution in [0.2, 0.25) is 0 Å². The molecule has 0 fully saturated rings. The maximum Gasteiger partial charge on any atom is -0.00246 e. The average Bonchev–Trinajstić information content (AvgIpc) is 2.50. The molecule has 0 bridgehead atoms. The van der Waals surface area contributed by atoms with Gasteiger partial charge in [-0.3, -0.25) is 0 Å². The molecule has 1 N–H and O–H groups in total. The lowest BCUT2D eigenvalue weighted by Crippen LogP contribution is -2.17. The number of rotatable bonds is 10. The molecule has 0 rings (SSSR count). The van der Waals surface area contributed by atoms with Crippen molar-refractivity contribution in [2.45, 2.75) is 128 Å². The molecule has 0 aliphatic carbocycles. The Labute approximate surface area is 188 Å². The predicted octanol–water partition coefficient (Wildman–Crippen LogP) is 8.41. The molecule has 0 amide bonds. The van der Waals surface area contributed by atoms with Crippen LogP contribution < -0.4 is 5.32 Å². The highest BCUT2D eigenvalue weighted by Crippen LogP contribution is 2.21. The van der Waals surface area contributed by atoms with Gasteiger partial charge in [0, 0.05) is 0 Å². The van der Waals surface area contributed by atoms with Crippen molar-refractivity contribution in [3.63, 3.8) is 0 Å². The van der Waals surface area contributed by atoms with Crippen LogP contribution in [0.3, 0.4) is 0 Å². The number of hydrogen-bond donors (Lipinski definition) is 1. The van der Waals surface area contributed by atoms with Crippen LogP contribution >= 0.6 is 0 Å². The molecule has 0 aromatic rings. The highest BCUT2D eigenvalue weighted by Gasteiger charge is 2.09. The fourth-order valence-corrected chi connectivity index (χ4v) is 2.68. The lowest BCUT2D eigenvalue weighted by Gasteiger charge is -2.19. The third kappa shape index (κ3) is 47.3. The Bertz CT molecular complexity index is 313. The summed E-state index contributed by atoms with van der Waals surface area (Å²) in [7, 11) is 4.26. The Kier molecular flexibility index (Phi) is 21.6. The minimum absolute atomic E-state index is 0.508. The van der Waals surface area contributed by atoms with Crippen molar-refractivity contribution in [1.82, 2.24) is 10.2 Å². The van der Waals surface area contributed by atoms with Gasteiger partial charge in [0.05, 0.1) is 0 Å². The van der Waals surface area contributed by atoms with Gasteiger partial charge in [-0.2, -0.15) is 0 Å². The van der Waals surface area contributed by atoms with Crippen LogP contribution in [0.25, 0.3) is 0 Å². The van der Waals surface area contributed by atoms with Gasteiger partial charge in [-0.05, 0) is 88.5 Å². The van der Waals surface area contributed by atoms with Crippen molar-refractivity contribution >= 4 is 0 Å². The molecule has 0 aliphatic rings. The topological polar surface area (TPSA) is 15.3 Å². The van der Waals surface area contributed by atoms with Crippen molar-refractivity contribution < 1.29 is 0 Å². The fraction of sp³-hybridized carbons (Fsp3) is 1.00. The lowest BCUT2D eigenvalue weighted by molar-refractivity contribution is 0.319. The van der Waals surface area contributed by atoms with Gasteiger partial charge in [0.2, 0.25) is 0 Å². The summed E-state index contributed by atoms with van der Waals surface area (Å²) in [5, 5.41) is 3.41. The zero-order chi connectivity index (χ0) is 23.6. The molecule has 0 heterocycles. The van der Waals surface area contributed by atoms with E-state index in [1.165, 1.54) is 71.0 Å². The van der Waals surface area contributed by atoms with E-state index < -0.39 is 0 Å². The largest absolute Gasteiger partial charge is 0.317 e. The summed E-state index contributed by atoms with van der Waals surface area (Å²) in [6.07, 6.45) is 10.6. The molecule has 0 spiro atoms. The Morgan fingerprint density at radius 2 is 0.966 bits per heavy atom. The summed E-state index contributed by atoms with van der Waals surface area (Å²) in [6.45, 7) is 28.7. The number of hydrogen-bond acceptors (Lipinski definition) is 2. The van der Waals surface area contributed by atoms with Crippen LogP contribution in [0, 0.1) is 16.2 Å². The number of nitrogens with one attached hydrogen (secondary N) is 1. The maximum absolute atomic E-state index is 3.41. The van der Waals surface area contributed by atoms with E-state index in [1.54, 1.807) is 0 Å². The van der Waals surface area contributed by atoms with Gasteiger partial charge in [-0.1, -0.05) is 89.0 Å². The van der Waals surface area contributed by atoms with E-state index in [-0.39, 0.29) is 0 Å². The first-order valence-electron chi connectivity index (χ1n) is 12.4. The summed E-state index contributed by atoms with van der Waals surface area (Å²) < 4.78 is 0. The van der Waals surface area contributed by atoms with Gasteiger partial charge in [0.15, 0.2) is 0 Å². The van der Waals surface area contributed by atoms with E-state index in [9.17, 15) is 0 Å². The van der Waals surface area contributed by atoms with Gasteiger partial charge in [0.1, 0.15) is 0 Å². The number of nitrogens with zero attached hydrogens (tertiary/aromatic N) is 1. The molecule has 0 saturated carbocycles. The van der Waals surface area contributed by atoms with Crippen LogP contribution in [-0.2, 0) is 0 Å². The predicted molar refractivity (Wildman–Crippen MR) is 138 cm³/mol. The minimum atomic E-state index is 0.508. The zero-order valence-electron chi connectivity index (χ0n) is 23.2. The van der Waals surface area contributed by atoms with E-state index in [4.69, 9.17) is 0 Å². The van der Waals surface area contributed by atoms with Gasteiger partial charge < -0.3 is 10.2 Å². The summed E-state index contributed by atoms with van der Waals surface area (Å²) in [5.74, 6) is 0. The zero-order valence-corrected chi connectivity index (χ0v) is 23.2. The number of unbranched alkanes of at least 4 members (excludes halogenated alkanes) is 1. The Morgan fingerprint density at radius 3 is 1.28 bits per heavy atom. The third-order valence-electron chi connectivity index (χ3n) is 4.52. The van der Waals surface area contributed by atoms with Gasteiger partial charge in [-0.15, -0.1) is 0 Å². The van der Waals surface area contributed by atoms with Crippen molar-refractivity contribution in [1.29, 1.82) is 0 Å². The minimum Gasteiger partial charge on any atom is -0.317 e. The van der Waals surface area contributed by atoms with E-state index in [0.717, 1.165) is 0 Å². The van der Waals surface area contributed by atoms with E-state index >= 15 is 0 Å². The Balaban J connectivity index is -0.000000354. The van der Waals surface area contributed by atoms with Crippen molar-refractivity contribution in [2.75, 3.05) is 33.7 Å². The first-order chi connectivity index (χ1) is 13.0. The summed E-state index contributed by atoms with van der Waals surface area (Å²) in [6, 6.07) is 0. The second kappa shape index (κ2) is 18.7. The van der Waals surface area contributed by atoms with Crippen LogP contribution in [0.5, 0.6) is 0 Å². The first kappa shape index (κ1) is 33.6. The van der Waals surface area contributed by atoms with E-state index in [2.05, 4.69) is 100 Å². The first-order valence-corrected chi connectivity index (χ1v) is 12.4. The van der Waals surface area contributed by atoms with Crippen LogP contribution in [0.4, 0.5) is 0 Å². The standard InChI is InChI=1S/C10H23N.C9H21N.C8H18/c1-5-8-11-9-6-7-10(2,3)4;1-9(2,3)7-6-8-10(4)5;1-5-6-7-8(2,3)4/h11H,5-9H2,1-4H3;6-8H2,1-5H3;5-7H2,1-4H3. The average molecular weight is 415 g/mol. The molecule has 0 aromatic carbocycles. The molecule has 0 saturated heterocycles. The summed E-state index contributed by atoms with van der Waals surface area (Å²) in [5.41, 5.74) is 1.57. The van der Waals surface area contributed by atoms with Gasteiger partial charge in [0.25, 0.3) is 0 Å². The molecule has 0 atom stereocenters. The molecule has 2 nitrogen and oxygen atoms in total. The molecule has 180 valence electrons. The Hall–Kier alpha value is -0.0800. The fourth-order valence-electron chi connectivity index (χ4n) is 2.68. The Morgan fingerprint density at radius 1 is 0.552 bits per heavy atom. The lowest BCUT2D eigenvalue weighted by atomic mass is 9.90. The highest BCUT2D eigenvalue weighted by molar-refractivity contribution is 4.62. The van der Waals surface area contributed by atoms with Gasteiger partial charge >= 0.3 is 0 Å². The molecular weight excluding hydrogens is 352 g/mol. The van der Waals surface area contributed by atoms with Gasteiger partial charge in [-0.25, -0.2) is 0 Å². The smallest absolute Gasteiger partial charge is 0.00246 e. The van der Waals surface area contributed by atoms with E-state index in [0.29, 0.717) is 16.2 Å². The van der Waals surface area contributed by atoms with Crippen LogP contribution in [-0.4, -0.2) is 38.6 Å². The quantitative estimate of drug-likeness (QED) is 0.361. The van der Waals surface area contributed by atoms with Crippen molar-refractivity contribution in [2.24, 2.45) is 16.2 Å². The second-order valence-electron chi connectivity index (χ2n) is 12.5. The summed E-state index contributed by atoms with van der Waals surface area (Å²) in [4.78, 5) is 2.24. The van der Waals surface area contributed by atoms with Crippen molar-refractivity contribution in [3.8, 4) is 0 Å². The van der Waals surface area contributed by atoms with E-state index in [1.807, 2.05) is 0 Å². The van der Waals surface area contributed by atoms with Crippen LogP contribution in [0.15, 0.2) is 0 Å². The molecule has 2 heteroatoms. The molecule has 0 aliphatic heterocycles. The highest BCUT2D eigenvalue weighted by atomic mass is 15.0. The molecular formula is C27H62N2. The maximum atomic E-state index is 3.41. The normalized spacial score (nSPS) is 12.2. The monoisotopic (exact) mass is 414 g/mol. The molecule has 0 unspecified atom stereocenters. The summed E-state index contributed by atoms with van der Waals surface area (Å²) >= 11 is 0. The molecule has 29 heavy (non-hydrogen) atoms. The second-order valence-corrected chi connectivity index (χ2v) is 12.5. The van der Waals surface area contributed by atoms with Crippen molar-refractivity contribution in [3.05, 3.63) is 0 Å². The third-order valence-corrected chi connectivity index (χ3v) is 4.52. The molecule has 0 radical (unpaired) electrons. The molecule has 0 aromatic heterocycles. The van der Waals surface area contributed by atoms with Crippen LogP contribution in [0.1, 0.15) is 128 Å².